The van der Waals surface area contributed by atoms with Gasteiger partial charge < -0.3 is 18.6 Å². The number of carbonyl (C=O) groups excluding carboxylic acids is 1. The van der Waals surface area contributed by atoms with E-state index in [1.165, 1.54) is 0 Å². The Bertz CT molecular complexity index is 1440. The van der Waals surface area contributed by atoms with Gasteiger partial charge in [0, 0.05) is 65.2 Å². The van der Waals surface area contributed by atoms with Crippen molar-refractivity contribution in [2.45, 2.75) is 33.6 Å². The van der Waals surface area contributed by atoms with Gasteiger partial charge in [0.2, 0.25) is 5.91 Å². The zero-order valence-corrected chi connectivity index (χ0v) is 20.4. The number of hydrogen-bond donors (Lipinski definition) is 0. The fourth-order valence-corrected chi connectivity index (χ4v) is 4.99. The van der Waals surface area contributed by atoms with Gasteiger partial charge in [-0.3, -0.25) is 4.79 Å². The average molecular weight is 479 g/mol. The summed E-state index contributed by atoms with van der Waals surface area (Å²) in [6.45, 7) is 8.69. The van der Waals surface area contributed by atoms with Gasteiger partial charge in [-0.2, -0.15) is 0 Å². The predicted octanol–water partition coefficient (Wildman–Crippen LogP) is 5.40. The molecule has 5 rings (SSSR count). The molecule has 0 saturated carbocycles. The van der Waals surface area contributed by atoms with Gasteiger partial charge in [-0.25, -0.2) is 4.79 Å². The lowest BCUT2D eigenvalue weighted by Crippen LogP contribution is -2.48. The van der Waals surface area contributed by atoms with Crippen LogP contribution in [0.15, 0.2) is 50.2 Å². The van der Waals surface area contributed by atoms with Gasteiger partial charge in [-0.05, 0) is 68.7 Å². The summed E-state index contributed by atoms with van der Waals surface area (Å²) in [5.41, 5.74) is 5.33. The van der Waals surface area contributed by atoms with Crippen molar-refractivity contribution in [3.05, 3.63) is 74.3 Å². The molecule has 176 valence electrons. The molecule has 1 aliphatic rings. The van der Waals surface area contributed by atoms with Crippen LogP contribution in [0.5, 0.6) is 0 Å². The lowest BCUT2D eigenvalue weighted by Gasteiger charge is -2.36. The first-order valence-corrected chi connectivity index (χ1v) is 11.9. The van der Waals surface area contributed by atoms with E-state index < -0.39 is 0 Å². The predicted molar refractivity (Wildman–Crippen MR) is 135 cm³/mol. The van der Waals surface area contributed by atoms with E-state index in [1.54, 1.807) is 6.26 Å². The van der Waals surface area contributed by atoms with E-state index in [-0.39, 0.29) is 18.0 Å². The minimum Gasteiger partial charge on any atom is -0.464 e. The molecule has 1 aliphatic heterocycles. The molecule has 3 heterocycles. The molecule has 6 nitrogen and oxygen atoms in total. The summed E-state index contributed by atoms with van der Waals surface area (Å²) in [7, 11) is 0. The van der Waals surface area contributed by atoms with E-state index in [0.717, 1.165) is 51.8 Å². The zero-order valence-electron chi connectivity index (χ0n) is 19.6. The third kappa shape index (κ3) is 3.96. The summed E-state index contributed by atoms with van der Waals surface area (Å²) >= 11 is 5.99. The minimum atomic E-state index is -0.379. The van der Waals surface area contributed by atoms with Gasteiger partial charge in [0.05, 0.1) is 6.26 Å². The Labute approximate surface area is 202 Å². The first kappa shape index (κ1) is 22.5. The van der Waals surface area contributed by atoms with Crippen molar-refractivity contribution in [3.63, 3.8) is 0 Å². The summed E-state index contributed by atoms with van der Waals surface area (Å²) in [6, 6.07) is 9.79. The van der Waals surface area contributed by atoms with Crippen LogP contribution in [-0.4, -0.2) is 37.0 Å². The van der Waals surface area contributed by atoms with Crippen LogP contribution in [0.4, 0.5) is 5.69 Å². The van der Waals surface area contributed by atoms with Gasteiger partial charge in [0.15, 0.2) is 0 Å². The van der Waals surface area contributed by atoms with Crippen LogP contribution >= 0.6 is 11.6 Å². The van der Waals surface area contributed by atoms with Gasteiger partial charge in [-0.1, -0.05) is 11.6 Å². The smallest absolute Gasteiger partial charge is 0.339 e. The van der Waals surface area contributed by atoms with Crippen LogP contribution in [-0.2, 0) is 11.2 Å². The summed E-state index contributed by atoms with van der Waals surface area (Å²) < 4.78 is 11.4. The number of furan rings is 1. The second-order valence-electron chi connectivity index (χ2n) is 9.01. The lowest BCUT2D eigenvalue weighted by atomic mass is 9.98. The molecule has 2 aromatic carbocycles. The van der Waals surface area contributed by atoms with Crippen LogP contribution in [0.25, 0.3) is 21.9 Å². The summed E-state index contributed by atoms with van der Waals surface area (Å²) in [5, 5.41) is 2.63. The molecule has 1 amide bonds. The minimum absolute atomic E-state index is 0.0620. The normalized spacial score (nSPS) is 14.4. The average Bonchev–Trinajstić information content (AvgIpc) is 3.21. The monoisotopic (exact) mass is 478 g/mol. The largest absolute Gasteiger partial charge is 0.464 e. The molecule has 7 heteroatoms. The Morgan fingerprint density at radius 3 is 2.38 bits per heavy atom. The number of benzene rings is 2. The number of nitrogens with zero attached hydrogens (tertiary/aromatic N) is 2. The molecule has 0 spiro atoms. The quantitative estimate of drug-likeness (QED) is 0.367. The Morgan fingerprint density at radius 2 is 1.68 bits per heavy atom. The number of fused-ring (bicyclic) bond motifs is 2. The number of halogens is 1. The number of aryl methyl sites for hydroxylation is 3. The van der Waals surface area contributed by atoms with Crippen molar-refractivity contribution in [1.29, 1.82) is 0 Å². The number of carbonyl (C=O) groups is 1. The highest BCUT2D eigenvalue weighted by Crippen LogP contribution is 2.32. The van der Waals surface area contributed by atoms with E-state index in [2.05, 4.69) is 4.90 Å². The Morgan fingerprint density at radius 1 is 0.971 bits per heavy atom. The third-order valence-corrected chi connectivity index (χ3v) is 7.20. The molecule has 1 fully saturated rings. The van der Waals surface area contributed by atoms with E-state index in [9.17, 15) is 9.59 Å². The first-order chi connectivity index (χ1) is 16.3. The molecular formula is C27H27ClN2O4. The van der Waals surface area contributed by atoms with Crippen molar-refractivity contribution >= 4 is 45.1 Å². The highest BCUT2D eigenvalue weighted by molar-refractivity contribution is 6.30. The van der Waals surface area contributed by atoms with Crippen molar-refractivity contribution < 1.29 is 13.6 Å². The van der Waals surface area contributed by atoms with Crippen LogP contribution in [0.1, 0.15) is 28.7 Å². The van der Waals surface area contributed by atoms with Crippen LogP contribution in [0.3, 0.4) is 0 Å². The van der Waals surface area contributed by atoms with E-state index in [0.29, 0.717) is 35.7 Å². The second-order valence-corrected chi connectivity index (χ2v) is 9.45. The van der Waals surface area contributed by atoms with E-state index in [4.69, 9.17) is 20.4 Å². The van der Waals surface area contributed by atoms with Gasteiger partial charge >= 0.3 is 5.63 Å². The summed E-state index contributed by atoms with van der Waals surface area (Å²) in [4.78, 5) is 29.9. The lowest BCUT2D eigenvalue weighted by molar-refractivity contribution is -0.131. The number of hydrogen-bond acceptors (Lipinski definition) is 5. The molecule has 0 atom stereocenters. The standard InChI is InChI=1S/C27H27ClN2O4/c1-16-15-33-25-18(3)26-23(14-22(16)25)17(2)21(27(32)34-26)8-9-24(31)30-12-10-29(11-13-30)20-6-4-19(28)5-7-20/h4-7,14-15H,8-13H2,1-3H3. The number of rotatable bonds is 4. The molecule has 0 aliphatic carbocycles. The van der Waals surface area contributed by atoms with Crippen molar-refractivity contribution in [2.24, 2.45) is 0 Å². The Kier molecular flexibility index (Phi) is 5.86. The van der Waals surface area contributed by atoms with Crippen LogP contribution in [0, 0.1) is 20.8 Å². The van der Waals surface area contributed by atoms with E-state index in [1.807, 2.05) is 56.0 Å². The number of amides is 1. The van der Waals surface area contributed by atoms with Gasteiger partial charge in [0.1, 0.15) is 11.2 Å². The Hall–Kier alpha value is -3.25. The highest BCUT2D eigenvalue weighted by Gasteiger charge is 2.23. The first-order valence-electron chi connectivity index (χ1n) is 11.6. The SMILES string of the molecule is Cc1coc2c(C)c3oc(=O)c(CCC(=O)N4CCN(c5ccc(Cl)cc5)CC4)c(C)c3cc12. The highest BCUT2D eigenvalue weighted by atomic mass is 35.5. The molecule has 0 radical (unpaired) electrons. The second kappa shape index (κ2) is 8.84. The molecule has 0 N–H and O–H groups in total. The van der Waals surface area contributed by atoms with Crippen molar-refractivity contribution in [3.8, 4) is 0 Å². The van der Waals surface area contributed by atoms with Gasteiger partial charge in [-0.15, -0.1) is 0 Å². The topological polar surface area (TPSA) is 66.9 Å². The maximum absolute atomic E-state index is 12.9. The Balaban J connectivity index is 1.30. The fraction of sp³-hybridized carbons (Fsp3) is 0.333. The molecule has 4 aromatic rings. The zero-order chi connectivity index (χ0) is 24.0. The molecule has 0 bridgehead atoms. The molecule has 1 saturated heterocycles. The van der Waals surface area contributed by atoms with Crippen LogP contribution < -0.4 is 10.5 Å². The molecule has 2 aromatic heterocycles. The maximum Gasteiger partial charge on any atom is 0.339 e. The summed E-state index contributed by atoms with van der Waals surface area (Å²) in [6.07, 6.45) is 2.36. The third-order valence-electron chi connectivity index (χ3n) is 6.95. The number of anilines is 1. The van der Waals surface area contributed by atoms with Crippen molar-refractivity contribution in [2.75, 3.05) is 31.1 Å². The molecule has 34 heavy (non-hydrogen) atoms. The van der Waals surface area contributed by atoms with Crippen LogP contribution in [0.2, 0.25) is 5.02 Å². The molecule has 0 unspecified atom stereocenters. The summed E-state index contributed by atoms with van der Waals surface area (Å²) in [5.74, 6) is 0.0620. The van der Waals surface area contributed by atoms with E-state index >= 15 is 0 Å². The maximum atomic E-state index is 12.9. The fourth-order valence-electron chi connectivity index (χ4n) is 4.86. The van der Waals surface area contributed by atoms with Gasteiger partial charge in [0.25, 0.3) is 0 Å². The molecular weight excluding hydrogens is 452 g/mol. The van der Waals surface area contributed by atoms with Crippen molar-refractivity contribution in [1.82, 2.24) is 4.90 Å². The number of piperazine rings is 1.